The Hall–Kier alpha value is 0.0621. The van der Waals surface area contributed by atoms with Gasteiger partial charge in [-0.1, -0.05) is 0 Å². The van der Waals surface area contributed by atoms with Crippen LogP contribution in [0.2, 0.25) is 0 Å². The zero-order valence-electron chi connectivity index (χ0n) is 8.76. The maximum absolute atomic E-state index is 11.6. The van der Waals surface area contributed by atoms with E-state index in [0.29, 0.717) is 32.7 Å². The summed E-state index contributed by atoms with van der Waals surface area (Å²) in [6.07, 6.45) is 0.744. The fraction of sp³-hybridized carbons (Fsp3) is 0.778. The molecule has 4 heteroatoms. The molecule has 0 spiro atoms. The second-order valence-corrected chi connectivity index (χ2v) is 4.12. The van der Waals surface area contributed by atoms with Crippen molar-refractivity contribution in [2.75, 3.05) is 6.61 Å². The van der Waals surface area contributed by atoms with Gasteiger partial charge in [-0.15, -0.1) is 0 Å². The van der Waals surface area contributed by atoms with Crippen molar-refractivity contribution in [3.8, 4) is 0 Å². The van der Waals surface area contributed by atoms with Crippen LogP contribution in [0.25, 0.3) is 0 Å². The van der Waals surface area contributed by atoms with Gasteiger partial charge in [-0.2, -0.15) is 0 Å². The van der Waals surface area contributed by atoms with Crippen LogP contribution in [-0.2, 0) is 9.53 Å². The van der Waals surface area contributed by atoms with Crippen LogP contribution in [0.4, 0.5) is 0 Å². The average molecular weight is 375 g/mol. The van der Waals surface area contributed by atoms with E-state index in [1.807, 2.05) is 27.7 Å². The van der Waals surface area contributed by atoms with Gasteiger partial charge in [-0.05, 0) is 0 Å². The van der Waals surface area contributed by atoms with Crippen LogP contribution in [0.15, 0.2) is 2.80 Å². The van der Waals surface area contributed by atoms with Crippen molar-refractivity contribution < 1.29 is 9.53 Å². The van der Waals surface area contributed by atoms with Crippen molar-refractivity contribution >= 4 is 37.7 Å². The zero-order chi connectivity index (χ0) is 10.5. The summed E-state index contributed by atoms with van der Waals surface area (Å²) in [5.74, 6) is -0.153. The minimum absolute atomic E-state index is 0.153. The third-order valence-electron chi connectivity index (χ3n) is 2.43. The molecule has 0 aliphatic heterocycles. The molecule has 13 heavy (non-hydrogen) atoms. The van der Waals surface area contributed by atoms with E-state index in [1.165, 1.54) is 0 Å². The van der Waals surface area contributed by atoms with Crippen LogP contribution < -0.4 is 0 Å². The summed E-state index contributed by atoms with van der Waals surface area (Å²) in [7, 11) is 0. The monoisotopic (exact) mass is 375 g/mol. The molecule has 0 aromatic carbocycles. The Morgan fingerprint density at radius 2 is 2.08 bits per heavy atom. The number of carbonyl (C=O) groups excluding carboxylic acids is 1. The number of hydrogen-bond donors (Lipinski definition) is 0. The van der Waals surface area contributed by atoms with Gasteiger partial charge in [0.05, 0.1) is 0 Å². The molecule has 0 fully saturated rings. The molecule has 0 saturated heterocycles. The number of nitrogens with zero attached hydrogens (tertiary/aromatic N) is 1. The molecule has 3 nitrogen and oxygen atoms in total. The molecule has 0 aliphatic rings. The number of hydrogen-bond acceptors (Lipinski definition) is 3. The molecule has 0 aromatic rings. The summed E-state index contributed by atoms with van der Waals surface area (Å²) in [6.45, 7) is 8.04. The molecule has 1 unspecified atom stereocenters. The summed E-state index contributed by atoms with van der Waals surface area (Å²) in [4.78, 5) is 11.6. The van der Waals surface area contributed by atoms with Crippen molar-refractivity contribution in [2.45, 2.75) is 34.1 Å². The normalized spacial score (nSPS) is 16.4. The molecule has 72 valence electrons. The topological polar surface area (TPSA) is 38.7 Å². The first-order valence-electron chi connectivity index (χ1n) is 4.45. The molecule has 0 N–H and O–H groups in total. The molecule has 0 saturated carbocycles. The van der Waals surface area contributed by atoms with E-state index in [4.69, 9.17) is 4.74 Å². The van der Waals surface area contributed by atoms with Gasteiger partial charge in [-0.25, -0.2) is 0 Å². The van der Waals surface area contributed by atoms with E-state index < -0.39 is 5.41 Å². The average Bonchev–Trinajstić information content (AvgIpc) is 2.15. The van der Waals surface area contributed by atoms with E-state index in [-0.39, 0.29) is 5.97 Å². The van der Waals surface area contributed by atoms with Crippen LogP contribution >= 0.6 is 0 Å². The first-order valence-corrected chi connectivity index (χ1v) is 6.45. The Morgan fingerprint density at radius 1 is 1.54 bits per heavy atom. The van der Waals surface area contributed by atoms with Gasteiger partial charge in [0, 0.05) is 0 Å². The predicted octanol–water partition coefficient (Wildman–Crippen LogP) is 1.51. The van der Waals surface area contributed by atoms with Crippen LogP contribution in [0.5, 0.6) is 0 Å². The molecular weight excluding hydrogens is 358 g/mol. The Bertz CT molecular complexity index is 216. The van der Waals surface area contributed by atoms with Gasteiger partial charge in [-0.3, -0.25) is 0 Å². The first kappa shape index (κ1) is 13.1. The minimum atomic E-state index is -0.509. The van der Waals surface area contributed by atoms with E-state index in [2.05, 4.69) is 2.80 Å². The van der Waals surface area contributed by atoms with Gasteiger partial charge in [0.2, 0.25) is 0 Å². The quantitative estimate of drug-likeness (QED) is 0.425. The van der Waals surface area contributed by atoms with E-state index in [9.17, 15) is 4.79 Å². The zero-order valence-corrected chi connectivity index (χ0v) is 13.2. The fourth-order valence-electron chi connectivity index (χ4n) is 0.981. The van der Waals surface area contributed by atoms with E-state index in [0.717, 1.165) is 12.1 Å². The summed E-state index contributed by atoms with van der Waals surface area (Å²) in [5.41, 5.74) is 0.392. The van der Waals surface area contributed by atoms with Crippen LogP contribution in [-0.4, -0.2) is 44.4 Å². The van der Waals surface area contributed by atoms with E-state index in [1.54, 1.807) is 0 Å². The van der Waals surface area contributed by atoms with Gasteiger partial charge in [0.1, 0.15) is 0 Å². The SMILES string of the molecule is CCOC(=O)C(C)(CC)/C(C)=[N]/[Tl]. The molecule has 0 heterocycles. The third kappa shape index (κ3) is 3.03. The Morgan fingerprint density at radius 3 is 2.38 bits per heavy atom. The van der Waals surface area contributed by atoms with Gasteiger partial charge < -0.3 is 0 Å². The van der Waals surface area contributed by atoms with Crippen LogP contribution in [0, 0.1) is 5.41 Å². The van der Waals surface area contributed by atoms with Crippen molar-refractivity contribution in [1.82, 2.24) is 0 Å². The van der Waals surface area contributed by atoms with Crippen molar-refractivity contribution in [2.24, 2.45) is 8.22 Å². The second kappa shape index (κ2) is 5.72. The molecule has 0 rings (SSSR count). The van der Waals surface area contributed by atoms with Crippen molar-refractivity contribution in [3.63, 3.8) is 0 Å². The molecule has 0 amide bonds. The van der Waals surface area contributed by atoms with Crippen LogP contribution in [0.1, 0.15) is 34.1 Å². The second-order valence-electron chi connectivity index (χ2n) is 3.12. The standard InChI is InChI=1S/C9H16NO2.Tl/c1-5-9(4,7(3)10)8(11)12-6-2;/h5-6H2,1-4H3;/q-1;+1. The predicted molar refractivity (Wildman–Crippen MR) is 53.9 cm³/mol. The van der Waals surface area contributed by atoms with E-state index >= 15 is 0 Å². The summed E-state index contributed by atoms with van der Waals surface area (Å²) >= 11 is 0.547. The molecule has 0 aliphatic carbocycles. The summed E-state index contributed by atoms with van der Waals surface area (Å²) in [6, 6.07) is 0. The van der Waals surface area contributed by atoms with Gasteiger partial charge in [0.15, 0.2) is 0 Å². The molecule has 0 aromatic heterocycles. The van der Waals surface area contributed by atoms with Crippen molar-refractivity contribution in [1.29, 1.82) is 0 Å². The number of esters is 1. The van der Waals surface area contributed by atoms with Crippen molar-refractivity contribution in [3.05, 3.63) is 0 Å². The van der Waals surface area contributed by atoms with Crippen LogP contribution in [0.3, 0.4) is 0 Å². The Kier molecular flexibility index (Phi) is 5.75. The molecule has 0 bridgehead atoms. The molecular formula is C9H16NO2Tl. The fourth-order valence-corrected chi connectivity index (χ4v) is 2.09. The first-order chi connectivity index (χ1) is 6.02. The number of carbonyl (C=O) groups is 1. The number of rotatable bonds is 4. The van der Waals surface area contributed by atoms with Gasteiger partial charge in [0.25, 0.3) is 0 Å². The molecule has 0 radical (unpaired) electrons. The maximum atomic E-state index is 11.6. The Labute approximate surface area is 96.1 Å². The third-order valence-corrected chi connectivity index (χ3v) is 3.93. The Balaban J connectivity index is 4.72. The summed E-state index contributed by atoms with van der Waals surface area (Å²) in [5, 5.41) is 0. The number of ether oxygens (including phenoxy) is 1. The molecule has 1 atom stereocenters. The summed E-state index contributed by atoms with van der Waals surface area (Å²) < 4.78 is 9.24. The van der Waals surface area contributed by atoms with Gasteiger partial charge >= 0.3 is 96.2 Å².